The number of aromatic amines is 1. The number of amides is 1. The van der Waals surface area contributed by atoms with Crippen molar-refractivity contribution in [2.75, 3.05) is 11.9 Å². The van der Waals surface area contributed by atoms with E-state index in [1.807, 2.05) is 24.3 Å². The molecule has 1 aromatic heterocycles. The van der Waals surface area contributed by atoms with Crippen LogP contribution < -0.4 is 5.32 Å². The molecule has 21 heavy (non-hydrogen) atoms. The predicted octanol–water partition coefficient (Wildman–Crippen LogP) is 2.86. The van der Waals surface area contributed by atoms with Crippen LogP contribution in [0.15, 0.2) is 24.3 Å². The molecular formula is C16H19N3O2. The van der Waals surface area contributed by atoms with Crippen LogP contribution in [0.1, 0.15) is 47.1 Å². The van der Waals surface area contributed by atoms with Crippen LogP contribution in [-0.2, 0) is 17.8 Å². The molecule has 2 N–H and O–H groups in total. The molecule has 0 atom stereocenters. The predicted molar refractivity (Wildman–Crippen MR) is 80.4 cm³/mol. The Morgan fingerprint density at radius 1 is 1.38 bits per heavy atom. The third kappa shape index (κ3) is 2.69. The normalized spacial score (nSPS) is 14.0. The summed E-state index contributed by atoms with van der Waals surface area (Å²) >= 11 is 0. The first-order valence-corrected chi connectivity index (χ1v) is 7.21. The fourth-order valence-corrected chi connectivity index (χ4v) is 2.60. The molecule has 2 aromatic rings. The fourth-order valence-electron chi connectivity index (χ4n) is 2.60. The molecule has 0 saturated carbocycles. The fraction of sp³-hybridized carbons (Fsp3) is 0.375. The van der Waals surface area contributed by atoms with E-state index >= 15 is 0 Å². The van der Waals surface area contributed by atoms with E-state index in [4.69, 9.17) is 4.74 Å². The molecule has 1 aliphatic heterocycles. The van der Waals surface area contributed by atoms with E-state index in [1.54, 1.807) is 0 Å². The van der Waals surface area contributed by atoms with Gasteiger partial charge < -0.3 is 10.1 Å². The highest BCUT2D eigenvalue weighted by Crippen LogP contribution is 2.25. The van der Waals surface area contributed by atoms with E-state index in [9.17, 15) is 4.79 Å². The van der Waals surface area contributed by atoms with Crippen LogP contribution in [0, 0.1) is 0 Å². The Kier molecular flexibility index (Phi) is 3.75. The number of rotatable bonds is 3. The number of para-hydroxylation sites is 1. The first kappa shape index (κ1) is 13.8. The molecule has 2 heterocycles. The SMILES string of the molecule is CC(C)c1ccccc1NC(=O)c1n[nH]c2c1COCC2. The van der Waals surface area contributed by atoms with Gasteiger partial charge in [-0.3, -0.25) is 9.89 Å². The van der Waals surface area contributed by atoms with Crippen LogP contribution in [0.4, 0.5) is 5.69 Å². The zero-order chi connectivity index (χ0) is 14.8. The molecule has 0 fully saturated rings. The minimum absolute atomic E-state index is 0.189. The molecule has 5 heteroatoms. The number of fused-ring (bicyclic) bond motifs is 1. The summed E-state index contributed by atoms with van der Waals surface area (Å²) in [4.78, 5) is 12.5. The number of benzene rings is 1. The summed E-state index contributed by atoms with van der Waals surface area (Å²) in [6.45, 7) is 5.33. The van der Waals surface area contributed by atoms with Crippen LogP contribution in [0.5, 0.6) is 0 Å². The Morgan fingerprint density at radius 3 is 3.00 bits per heavy atom. The zero-order valence-corrected chi connectivity index (χ0v) is 12.3. The van der Waals surface area contributed by atoms with Crippen molar-refractivity contribution in [1.29, 1.82) is 0 Å². The van der Waals surface area contributed by atoms with Gasteiger partial charge in [0.2, 0.25) is 0 Å². The quantitative estimate of drug-likeness (QED) is 0.911. The van der Waals surface area contributed by atoms with Crippen molar-refractivity contribution in [3.63, 3.8) is 0 Å². The molecule has 1 aromatic carbocycles. The highest BCUT2D eigenvalue weighted by Gasteiger charge is 2.22. The summed E-state index contributed by atoms with van der Waals surface area (Å²) in [6, 6.07) is 7.85. The van der Waals surface area contributed by atoms with Crippen LogP contribution >= 0.6 is 0 Å². The standard InChI is InChI=1S/C16H19N3O2/c1-10(2)11-5-3-4-6-13(11)17-16(20)15-12-9-21-8-7-14(12)18-19-15/h3-6,10H,7-9H2,1-2H3,(H,17,20)(H,18,19). The van der Waals surface area contributed by atoms with E-state index in [2.05, 4.69) is 29.4 Å². The van der Waals surface area contributed by atoms with Crippen molar-refractivity contribution in [3.05, 3.63) is 46.8 Å². The van der Waals surface area contributed by atoms with Gasteiger partial charge in [-0.25, -0.2) is 0 Å². The van der Waals surface area contributed by atoms with Crippen LogP contribution in [0.3, 0.4) is 0 Å². The smallest absolute Gasteiger partial charge is 0.276 e. The number of carbonyl (C=O) groups excluding carboxylic acids is 1. The summed E-state index contributed by atoms with van der Waals surface area (Å²) in [5.41, 5.74) is 4.27. The van der Waals surface area contributed by atoms with Crippen LogP contribution in [0.25, 0.3) is 0 Å². The number of carbonyl (C=O) groups is 1. The Bertz CT molecular complexity index is 661. The lowest BCUT2D eigenvalue weighted by atomic mass is 10.0. The highest BCUT2D eigenvalue weighted by molar-refractivity contribution is 6.04. The number of ether oxygens (including phenoxy) is 1. The van der Waals surface area contributed by atoms with Gasteiger partial charge in [-0.1, -0.05) is 32.0 Å². The molecule has 0 unspecified atom stereocenters. The van der Waals surface area contributed by atoms with Gasteiger partial charge in [0.1, 0.15) is 0 Å². The second-order valence-electron chi connectivity index (χ2n) is 5.53. The van der Waals surface area contributed by atoms with E-state index in [0.29, 0.717) is 24.8 Å². The third-order valence-corrected chi connectivity index (χ3v) is 3.74. The molecule has 3 rings (SSSR count). The Balaban J connectivity index is 1.86. The Hall–Kier alpha value is -2.14. The Morgan fingerprint density at radius 2 is 2.19 bits per heavy atom. The highest BCUT2D eigenvalue weighted by atomic mass is 16.5. The van der Waals surface area contributed by atoms with Crippen molar-refractivity contribution in [2.45, 2.75) is 32.8 Å². The van der Waals surface area contributed by atoms with Crippen LogP contribution in [0.2, 0.25) is 0 Å². The second-order valence-corrected chi connectivity index (χ2v) is 5.53. The lowest BCUT2D eigenvalue weighted by molar-refractivity contribution is 0.0985. The van der Waals surface area contributed by atoms with Gasteiger partial charge in [-0.05, 0) is 17.5 Å². The molecule has 0 saturated heterocycles. The van der Waals surface area contributed by atoms with E-state index in [-0.39, 0.29) is 5.91 Å². The van der Waals surface area contributed by atoms with Gasteiger partial charge in [-0.2, -0.15) is 5.10 Å². The Labute approximate surface area is 123 Å². The molecular weight excluding hydrogens is 266 g/mol. The van der Waals surface area contributed by atoms with Crippen LogP contribution in [-0.4, -0.2) is 22.7 Å². The number of anilines is 1. The maximum Gasteiger partial charge on any atom is 0.276 e. The average Bonchev–Trinajstić information content (AvgIpc) is 2.91. The first-order chi connectivity index (χ1) is 10.2. The molecule has 1 aliphatic rings. The van der Waals surface area contributed by atoms with Crippen molar-refractivity contribution < 1.29 is 9.53 Å². The van der Waals surface area contributed by atoms with Crippen molar-refractivity contribution in [3.8, 4) is 0 Å². The monoisotopic (exact) mass is 285 g/mol. The minimum atomic E-state index is -0.189. The second kappa shape index (κ2) is 5.69. The summed E-state index contributed by atoms with van der Waals surface area (Å²) in [5.74, 6) is 0.157. The molecule has 110 valence electrons. The van der Waals surface area contributed by atoms with Gasteiger partial charge in [0.05, 0.1) is 13.2 Å². The van der Waals surface area contributed by atoms with Gasteiger partial charge in [-0.15, -0.1) is 0 Å². The van der Waals surface area contributed by atoms with E-state index < -0.39 is 0 Å². The molecule has 5 nitrogen and oxygen atoms in total. The number of H-pyrrole nitrogens is 1. The largest absolute Gasteiger partial charge is 0.376 e. The molecule has 0 aliphatic carbocycles. The van der Waals surface area contributed by atoms with Crippen molar-refractivity contribution in [2.24, 2.45) is 0 Å². The lowest BCUT2D eigenvalue weighted by Gasteiger charge is -2.14. The number of hydrogen-bond acceptors (Lipinski definition) is 3. The number of hydrogen-bond donors (Lipinski definition) is 2. The summed E-state index contributed by atoms with van der Waals surface area (Å²) in [7, 11) is 0. The van der Waals surface area contributed by atoms with Gasteiger partial charge in [0.15, 0.2) is 5.69 Å². The molecule has 0 spiro atoms. The van der Waals surface area contributed by atoms with E-state index in [0.717, 1.165) is 28.9 Å². The molecule has 0 bridgehead atoms. The summed E-state index contributed by atoms with van der Waals surface area (Å²) < 4.78 is 5.42. The molecule has 0 radical (unpaired) electrons. The third-order valence-electron chi connectivity index (χ3n) is 3.74. The maximum absolute atomic E-state index is 12.5. The van der Waals surface area contributed by atoms with Crippen molar-refractivity contribution in [1.82, 2.24) is 10.2 Å². The van der Waals surface area contributed by atoms with Gasteiger partial charge >= 0.3 is 0 Å². The first-order valence-electron chi connectivity index (χ1n) is 7.21. The summed E-state index contributed by atoms with van der Waals surface area (Å²) in [5, 5.41) is 10.1. The van der Waals surface area contributed by atoms with Gasteiger partial charge in [0, 0.05) is 23.4 Å². The van der Waals surface area contributed by atoms with Crippen molar-refractivity contribution >= 4 is 11.6 Å². The zero-order valence-electron chi connectivity index (χ0n) is 12.3. The minimum Gasteiger partial charge on any atom is -0.376 e. The average molecular weight is 285 g/mol. The molecule has 1 amide bonds. The number of nitrogens with zero attached hydrogens (tertiary/aromatic N) is 1. The van der Waals surface area contributed by atoms with E-state index in [1.165, 1.54) is 0 Å². The number of nitrogens with one attached hydrogen (secondary N) is 2. The maximum atomic E-state index is 12.5. The number of aromatic nitrogens is 2. The topological polar surface area (TPSA) is 67.0 Å². The lowest BCUT2D eigenvalue weighted by Crippen LogP contribution is -2.18. The summed E-state index contributed by atoms with van der Waals surface area (Å²) in [6.07, 6.45) is 0.776. The van der Waals surface area contributed by atoms with Gasteiger partial charge in [0.25, 0.3) is 5.91 Å².